The quantitative estimate of drug-likeness (QED) is 0.248. The number of aliphatic hydroxyl groups excluding tert-OH is 1. The molecule has 2 rings (SSSR count). The van der Waals surface area contributed by atoms with Gasteiger partial charge in [-0.15, -0.1) is 10.1 Å². The van der Waals surface area contributed by atoms with E-state index in [0.717, 1.165) is 16.5 Å². The summed E-state index contributed by atoms with van der Waals surface area (Å²) < 4.78 is 5.74. The highest BCUT2D eigenvalue weighted by atomic mass is 16.9. The fourth-order valence-corrected chi connectivity index (χ4v) is 2.74. The highest BCUT2D eigenvalue weighted by Gasteiger charge is 2.07. The number of carbonyl (C=O) groups excluding carboxylic acids is 1. The van der Waals surface area contributed by atoms with Crippen molar-refractivity contribution in [3.05, 3.63) is 52.6 Å². The van der Waals surface area contributed by atoms with Gasteiger partial charge in [0.1, 0.15) is 18.5 Å². The third-order valence-electron chi connectivity index (χ3n) is 4.18. The van der Waals surface area contributed by atoms with Crippen LogP contribution >= 0.6 is 0 Å². The smallest absolute Gasteiger partial charge is 0.294 e. The van der Waals surface area contributed by atoms with E-state index in [4.69, 9.17) is 4.74 Å². The van der Waals surface area contributed by atoms with Crippen molar-refractivity contribution >= 4 is 16.7 Å². The molecule has 0 aliphatic heterocycles. The SMILES string of the molecule is O=C(CCCCO[N+](=O)[O-])NCCNCC(O)COc1cccc2ccccc12. The molecule has 0 radical (unpaired) electrons. The molecule has 0 aromatic heterocycles. The van der Waals surface area contributed by atoms with Crippen LogP contribution in [0.4, 0.5) is 0 Å². The second kappa shape index (κ2) is 12.5. The minimum atomic E-state index is -0.840. The van der Waals surface area contributed by atoms with Crippen LogP contribution in [0.25, 0.3) is 10.8 Å². The topological polar surface area (TPSA) is 123 Å². The van der Waals surface area contributed by atoms with E-state index in [9.17, 15) is 20.0 Å². The molecule has 9 heteroatoms. The Morgan fingerprint density at radius 2 is 1.93 bits per heavy atom. The molecular weight excluding hydrogens is 378 g/mol. The minimum absolute atomic E-state index is 0.000566. The van der Waals surface area contributed by atoms with Crippen molar-refractivity contribution in [3.8, 4) is 5.75 Å². The highest BCUT2D eigenvalue weighted by molar-refractivity contribution is 5.88. The van der Waals surface area contributed by atoms with Gasteiger partial charge < -0.3 is 25.3 Å². The summed E-state index contributed by atoms with van der Waals surface area (Å²) in [4.78, 5) is 25.8. The first-order valence-electron chi connectivity index (χ1n) is 9.59. The third-order valence-corrected chi connectivity index (χ3v) is 4.18. The third kappa shape index (κ3) is 8.75. The van der Waals surface area contributed by atoms with E-state index < -0.39 is 11.2 Å². The van der Waals surface area contributed by atoms with Crippen LogP contribution in [0.3, 0.4) is 0 Å². The summed E-state index contributed by atoms with van der Waals surface area (Å²) in [5.41, 5.74) is 0. The van der Waals surface area contributed by atoms with Crippen LogP contribution in [-0.4, -0.2) is 55.1 Å². The minimum Gasteiger partial charge on any atom is -0.490 e. The molecule has 0 bridgehead atoms. The number of unbranched alkanes of at least 4 members (excludes halogenated alkanes) is 1. The number of hydrogen-bond acceptors (Lipinski definition) is 7. The maximum absolute atomic E-state index is 11.6. The number of carbonyl (C=O) groups is 1. The molecule has 158 valence electrons. The summed E-state index contributed by atoms with van der Waals surface area (Å²) in [7, 11) is 0. The summed E-state index contributed by atoms with van der Waals surface area (Å²) >= 11 is 0. The zero-order valence-electron chi connectivity index (χ0n) is 16.2. The standard InChI is InChI=1S/C20H27N3O6/c24-17(15-28-19-9-5-7-16-6-1-2-8-18(16)19)14-21-11-12-22-20(25)10-3-4-13-29-23(26)27/h1-2,5-9,17,21,24H,3-4,10-15H2,(H,22,25). The van der Waals surface area contributed by atoms with E-state index >= 15 is 0 Å². The number of ether oxygens (including phenoxy) is 1. The van der Waals surface area contributed by atoms with Crippen LogP contribution in [0.5, 0.6) is 5.75 Å². The molecule has 0 aliphatic carbocycles. The van der Waals surface area contributed by atoms with E-state index in [1.807, 2.05) is 42.5 Å². The van der Waals surface area contributed by atoms with Gasteiger partial charge in [0.2, 0.25) is 5.91 Å². The zero-order valence-corrected chi connectivity index (χ0v) is 16.2. The van der Waals surface area contributed by atoms with Crippen LogP contribution in [0, 0.1) is 10.1 Å². The molecule has 0 heterocycles. The molecule has 29 heavy (non-hydrogen) atoms. The number of benzene rings is 2. The Balaban J connectivity index is 1.53. The van der Waals surface area contributed by atoms with Crippen LogP contribution in [0.15, 0.2) is 42.5 Å². The maximum atomic E-state index is 11.6. The summed E-state index contributed by atoms with van der Waals surface area (Å²) in [6.45, 7) is 1.46. The van der Waals surface area contributed by atoms with Crippen LogP contribution in [-0.2, 0) is 9.63 Å². The second-order valence-corrected chi connectivity index (χ2v) is 6.51. The van der Waals surface area contributed by atoms with Crippen LogP contribution in [0.2, 0.25) is 0 Å². The van der Waals surface area contributed by atoms with Gasteiger partial charge in [0.25, 0.3) is 5.09 Å². The first kappa shape index (κ1) is 22.4. The van der Waals surface area contributed by atoms with Gasteiger partial charge in [-0.3, -0.25) is 4.79 Å². The van der Waals surface area contributed by atoms with Crippen molar-refractivity contribution in [1.82, 2.24) is 10.6 Å². The number of nitrogens with zero attached hydrogens (tertiary/aromatic N) is 1. The summed E-state index contributed by atoms with van der Waals surface area (Å²) in [6.07, 6.45) is 0.598. The summed E-state index contributed by atoms with van der Waals surface area (Å²) in [6, 6.07) is 13.7. The molecule has 9 nitrogen and oxygen atoms in total. The Labute approximate surface area is 169 Å². The van der Waals surface area contributed by atoms with Crippen molar-refractivity contribution in [2.75, 3.05) is 32.8 Å². The predicted molar refractivity (Wildman–Crippen MR) is 108 cm³/mol. The van der Waals surface area contributed by atoms with Crippen molar-refractivity contribution in [1.29, 1.82) is 0 Å². The Morgan fingerprint density at radius 1 is 1.14 bits per heavy atom. The molecule has 2 aromatic carbocycles. The van der Waals surface area contributed by atoms with E-state index in [0.29, 0.717) is 38.9 Å². The average molecular weight is 405 g/mol. The van der Waals surface area contributed by atoms with Crippen molar-refractivity contribution < 1.29 is 24.6 Å². The van der Waals surface area contributed by atoms with Crippen molar-refractivity contribution in [2.45, 2.75) is 25.4 Å². The number of hydrogen-bond donors (Lipinski definition) is 3. The molecular formula is C20H27N3O6. The number of nitrogens with one attached hydrogen (secondary N) is 2. The lowest BCUT2D eigenvalue weighted by Gasteiger charge is -2.15. The normalized spacial score (nSPS) is 11.8. The first-order chi connectivity index (χ1) is 14.1. The number of aliphatic hydroxyl groups is 1. The summed E-state index contributed by atoms with van der Waals surface area (Å²) in [5.74, 6) is 0.616. The van der Waals surface area contributed by atoms with Crippen molar-refractivity contribution in [3.63, 3.8) is 0 Å². The molecule has 3 N–H and O–H groups in total. The van der Waals surface area contributed by atoms with Gasteiger partial charge in [-0.05, 0) is 24.3 Å². The molecule has 1 atom stereocenters. The van der Waals surface area contributed by atoms with Gasteiger partial charge in [-0.2, -0.15) is 0 Å². The molecule has 0 spiro atoms. The molecule has 0 fully saturated rings. The van der Waals surface area contributed by atoms with Gasteiger partial charge in [0.05, 0.1) is 6.61 Å². The van der Waals surface area contributed by atoms with E-state index in [-0.39, 0.29) is 19.1 Å². The van der Waals surface area contributed by atoms with E-state index in [1.54, 1.807) is 0 Å². The lowest BCUT2D eigenvalue weighted by Crippen LogP contribution is -2.37. The molecule has 0 saturated heterocycles. The molecule has 2 aromatic rings. The van der Waals surface area contributed by atoms with E-state index in [2.05, 4.69) is 15.5 Å². The number of amides is 1. The monoisotopic (exact) mass is 405 g/mol. The van der Waals surface area contributed by atoms with Crippen LogP contribution < -0.4 is 15.4 Å². The van der Waals surface area contributed by atoms with Gasteiger partial charge in [-0.25, -0.2) is 0 Å². The van der Waals surface area contributed by atoms with Gasteiger partial charge in [0.15, 0.2) is 0 Å². The van der Waals surface area contributed by atoms with E-state index in [1.165, 1.54) is 0 Å². The van der Waals surface area contributed by atoms with Crippen LogP contribution in [0.1, 0.15) is 19.3 Å². The average Bonchev–Trinajstić information content (AvgIpc) is 2.71. The summed E-state index contributed by atoms with van der Waals surface area (Å²) in [5, 5.41) is 27.1. The lowest BCUT2D eigenvalue weighted by atomic mass is 10.1. The lowest BCUT2D eigenvalue weighted by molar-refractivity contribution is -0.757. The highest BCUT2D eigenvalue weighted by Crippen LogP contribution is 2.25. The maximum Gasteiger partial charge on any atom is 0.294 e. The Kier molecular flexibility index (Phi) is 9.67. The molecule has 0 aliphatic rings. The Morgan fingerprint density at radius 3 is 2.76 bits per heavy atom. The molecule has 1 unspecified atom stereocenters. The fourth-order valence-electron chi connectivity index (χ4n) is 2.74. The number of rotatable bonds is 14. The van der Waals surface area contributed by atoms with Gasteiger partial charge in [0, 0.05) is 31.4 Å². The largest absolute Gasteiger partial charge is 0.490 e. The zero-order chi connectivity index (χ0) is 20.9. The molecule has 0 saturated carbocycles. The predicted octanol–water partition coefficient (Wildman–Crippen LogP) is 1.66. The number of fused-ring (bicyclic) bond motifs is 1. The Hall–Kier alpha value is -2.91. The second-order valence-electron chi connectivity index (χ2n) is 6.51. The van der Waals surface area contributed by atoms with Gasteiger partial charge in [-0.1, -0.05) is 36.4 Å². The fraction of sp³-hybridized carbons (Fsp3) is 0.450. The Bertz CT molecular complexity index is 780. The van der Waals surface area contributed by atoms with Gasteiger partial charge >= 0.3 is 0 Å². The molecule has 1 amide bonds. The first-order valence-corrected chi connectivity index (χ1v) is 9.59. The van der Waals surface area contributed by atoms with Crippen molar-refractivity contribution in [2.24, 2.45) is 0 Å².